The first-order valence-electron chi connectivity index (χ1n) is 5.99. The number of alkyl halides is 2. The quantitative estimate of drug-likeness (QED) is 0.480. The number of hydrogen-bond acceptors (Lipinski definition) is 1. The van der Waals surface area contributed by atoms with E-state index >= 15 is 0 Å². The second kappa shape index (κ2) is 8.43. The lowest BCUT2D eigenvalue weighted by molar-refractivity contribution is 0.0511. The molecule has 0 aromatic heterocycles. The van der Waals surface area contributed by atoms with Gasteiger partial charge < -0.3 is 4.74 Å². The lowest BCUT2D eigenvalue weighted by Crippen LogP contribution is -2.22. The Morgan fingerprint density at radius 1 is 1.44 bits per heavy atom. The van der Waals surface area contributed by atoms with E-state index < -0.39 is 0 Å². The zero-order valence-electron chi connectivity index (χ0n) is 10.3. The highest BCUT2D eigenvalue weighted by molar-refractivity contribution is 9.11. The summed E-state index contributed by atoms with van der Waals surface area (Å²) >= 11 is 13.5. The average Bonchev–Trinajstić information content (AvgIpc) is 2.64. The van der Waals surface area contributed by atoms with Gasteiger partial charge >= 0.3 is 0 Å². The van der Waals surface area contributed by atoms with Crippen molar-refractivity contribution < 1.29 is 4.74 Å². The molecule has 1 rings (SSSR count). The van der Waals surface area contributed by atoms with Gasteiger partial charge in [-0.2, -0.15) is 0 Å². The van der Waals surface area contributed by atoms with Crippen LogP contribution >= 0.6 is 43.5 Å². The molecule has 0 spiro atoms. The van der Waals surface area contributed by atoms with Crippen molar-refractivity contribution in [1.82, 2.24) is 0 Å². The first-order valence-corrected chi connectivity index (χ1v) is 8.13. The monoisotopic (exact) mass is 394 g/mol. The third kappa shape index (κ3) is 4.74. The summed E-state index contributed by atoms with van der Waals surface area (Å²) in [5.74, 6) is 2.47. The van der Waals surface area contributed by atoms with Crippen LogP contribution in [0.5, 0.6) is 0 Å². The number of halogens is 3. The molecule has 4 heteroatoms. The van der Waals surface area contributed by atoms with Gasteiger partial charge in [-0.15, -0.1) is 18.0 Å². The van der Waals surface area contributed by atoms with Crippen molar-refractivity contribution in [3.8, 4) is 12.3 Å². The molecule has 0 aromatic rings. The second-order valence-electron chi connectivity index (χ2n) is 4.15. The molecule has 0 radical (unpaired) electrons. The van der Waals surface area contributed by atoms with Gasteiger partial charge in [0.05, 0.1) is 22.4 Å². The SMILES string of the molecule is C#CC=CCC1OC(CC=C(Br)CC)C(Br)C1Cl. The Labute approximate surface area is 131 Å². The Kier molecular flexibility index (Phi) is 7.63. The fourth-order valence-electron chi connectivity index (χ4n) is 1.81. The Balaban J connectivity index is 2.53. The summed E-state index contributed by atoms with van der Waals surface area (Å²) in [4.78, 5) is 0.178. The molecule has 0 N–H and O–H groups in total. The maximum atomic E-state index is 6.36. The minimum Gasteiger partial charge on any atom is -0.372 e. The predicted octanol–water partition coefficient (Wildman–Crippen LogP) is 4.78. The van der Waals surface area contributed by atoms with Crippen LogP contribution in [-0.4, -0.2) is 22.4 Å². The minimum absolute atomic E-state index is 0.0220. The average molecular weight is 397 g/mol. The van der Waals surface area contributed by atoms with Crippen LogP contribution in [0.2, 0.25) is 0 Å². The molecule has 1 aliphatic heterocycles. The fourth-order valence-corrected chi connectivity index (χ4v) is 3.01. The van der Waals surface area contributed by atoms with E-state index in [1.54, 1.807) is 6.08 Å². The van der Waals surface area contributed by atoms with Crippen LogP contribution < -0.4 is 0 Å². The number of ether oxygens (including phenoxy) is 1. The third-order valence-corrected chi connectivity index (χ3v) is 5.76. The van der Waals surface area contributed by atoms with Crippen LogP contribution in [0.1, 0.15) is 26.2 Å². The summed E-state index contributed by atoms with van der Waals surface area (Å²) in [6.07, 6.45) is 13.7. The van der Waals surface area contributed by atoms with Gasteiger partial charge in [0.2, 0.25) is 0 Å². The Morgan fingerprint density at radius 3 is 2.78 bits per heavy atom. The van der Waals surface area contributed by atoms with E-state index in [1.807, 2.05) is 6.08 Å². The molecule has 100 valence electrons. The standard InChI is InChI=1S/C14H17Br2ClO/c1-3-5-6-7-12-14(17)13(16)11(18-12)9-8-10(15)4-2/h1,5-6,8,11-14H,4,7,9H2,2H3. The number of rotatable bonds is 5. The van der Waals surface area contributed by atoms with Gasteiger partial charge in [0.15, 0.2) is 0 Å². The van der Waals surface area contributed by atoms with Crippen molar-refractivity contribution >= 4 is 43.5 Å². The molecule has 0 amide bonds. The maximum absolute atomic E-state index is 6.36. The van der Waals surface area contributed by atoms with Gasteiger partial charge in [0, 0.05) is 0 Å². The van der Waals surface area contributed by atoms with Crippen LogP contribution in [0.4, 0.5) is 0 Å². The molecular weight excluding hydrogens is 379 g/mol. The molecule has 4 unspecified atom stereocenters. The summed E-state index contributed by atoms with van der Waals surface area (Å²) in [7, 11) is 0. The van der Waals surface area contributed by atoms with Gasteiger partial charge in [0.25, 0.3) is 0 Å². The van der Waals surface area contributed by atoms with E-state index in [2.05, 4.69) is 50.8 Å². The summed E-state index contributed by atoms with van der Waals surface area (Å²) in [6.45, 7) is 2.11. The van der Waals surface area contributed by atoms with Gasteiger partial charge in [0.1, 0.15) is 0 Å². The molecule has 4 atom stereocenters. The summed E-state index contributed by atoms with van der Waals surface area (Å²) in [5, 5.41) is -0.0220. The van der Waals surface area contributed by atoms with E-state index in [0.29, 0.717) is 0 Å². The van der Waals surface area contributed by atoms with Crippen molar-refractivity contribution in [2.75, 3.05) is 0 Å². The first kappa shape index (κ1) is 16.3. The smallest absolute Gasteiger partial charge is 0.0789 e. The van der Waals surface area contributed by atoms with Gasteiger partial charge in [-0.3, -0.25) is 0 Å². The van der Waals surface area contributed by atoms with Crippen molar-refractivity contribution in [3.05, 3.63) is 22.7 Å². The molecule has 0 saturated carbocycles. The number of terminal acetylenes is 1. The van der Waals surface area contributed by atoms with Crippen molar-refractivity contribution in [2.45, 2.75) is 48.6 Å². The molecule has 0 bridgehead atoms. The zero-order chi connectivity index (χ0) is 13.5. The predicted molar refractivity (Wildman–Crippen MR) is 85.5 cm³/mol. The van der Waals surface area contributed by atoms with Crippen molar-refractivity contribution in [1.29, 1.82) is 0 Å². The lowest BCUT2D eigenvalue weighted by Gasteiger charge is -2.11. The molecule has 0 aromatic carbocycles. The summed E-state index contributed by atoms with van der Waals surface area (Å²) < 4.78 is 7.16. The normalized spacial score (nSPS) is 32.9. The number of allylic oxidation sites excluding steroid dienone is 2. The molecule has 1 saturated heterocycles. The molecule has 1 aliphatic rings. The minimum atomic E-state index is -0.0220. The highest BCUT2D eigenvalue weighted by Crippen LogP contribution is 2.35. The van der Waals surface area contributed by atoms with E-state index in [0.717, 1.165) is 19.3 Å². The molecule has 1 fully saturated rings. The van der Waals surface area contributed by atoms with Gasteiger partial charge in [-0.25, -0.2) is 0 Å². The summed E-state index contributed by atoms with van der Waals surface area (Å²) in [5.41, 5.74) is 0. The van der Waals surface area contributed by atoms with E-state index in [1.165, 1.54) is 4.48 Å². The maximum Gasteiger partial charge on any atom is 0.0789 e. The zero-order valence-corrected chi connectivity index (χ0v) is 14.2. The Hall–Kier alpha value is 0.250. The van der Waals surface area contributed by atoms with E-state index in [-0.39, 0.29) is 22.4 Å². The largest absolute Gasteiger partial charge is 0.372 e. The third-order valence-electron chi connectivity index (χ3n) is 2.86. The van der Waals surface area contributed by atoms with Gasteiger partial charge in [-0.05, 0) is 29.8 Å². The van der Waals surface area contributed by atoms with Crippen molar-refractivity contribution in [2.24, 2.45) is 0 Å². The van der Waals surface area contributed by atoms with Crippen LogP contribution in [0.25, 0.3) is 0 Å². The molecule has 1 nitrogen and oxygen atoms in total. The molecule has 0 aliphatic carbocycles. The lowest BCUT2D eigenvalue weighted by atomic mass is 10.1. The topological polar surface area (TPSA) is 9.23 Å². The Morgan fingerprint density at radius 2 is 2.17 bits per heavy atom. The first-order chi connectivity index (χ1) is 8.60. The summed E-state index contributed by atoms with van der Waals surface area (Å²) in [6, 6.07) is 0. The molecule has 1 heterocycles. The van der Waals surface area contributed by atoms with Crippen LogP contribution in [0.3, 0.4) is 0 Å². The van der Waals surface area contributed by atoms with Crippen molar-refractivity contribution in [3.63, 3.8) is 0 Å². The molecule has 18 heavy (non-hydrogen) atoms. The van der Waals surface area contributed by atoms with Crippen LogP contribution in [0.15, 0.2) is 22.7 Å². The fraction of sp³-hybridized carbons (Fsp3) is 0.571. The van der Waals surface area contributed by atoms with Crippen LogP contribution in [-0.2, 0) is 4.74 Å². The van der Waals surface area contributed by atoms with Crippen LogP contribution in [0, 0.1) is 12.3 Å². The molecular formula is C14H17Br2ClO. The highest BCUT2D eigenvalue weighted by atomic mass is 79.9. The second-order valence-corrected chi connectivity index (χ2v) is 6.73. The Bertz CT molecular complexity index is 359. The van der Waals surface area contributed by atoms with E-state index in [4.69, 9.17) is 22.8 Å². The highest BCUT2D eigenvalue weighted by Gasteiger charge is 2.40. The van der Waals surface area contributed by atoms with Gasteiger partial charge in [-0.1, -0.05) is 56.9 Å². The van der Waals surface area contributed by atoms with E-state index in [9.17, 15) is 0 Å². The number of hydrogen-bond donors (Lipinski definition) is 0.